The van der Waals surface area contributed by atoms with Gasteiger partial charge in [-0.1, -0.05) is 23.5 Å². The number of methoxy groups -OCH3 is 1. The first kappa shape index (κ1) is 11.0. The molecule has 1 aromatic carbocycles. The fourth-order valence-corrected chi connectivity index (χ4v) is 3.94. The van der Waals surface area contributed by atoms with Crippen LogP contribution in [-0.2, 0) is 0 Å². The Morgan fingerprint density at radius 2 is 2.18 bits per heavy atom. The van der Waals surface area contributed by atoms with Crippen molar-refractivity contribution in [3.05, 3.63) is 40.4 Å². The number of hydrogen-bond acceptors (Lipinski definition) is 3. The van der Waals surface area contributed by atoms with Crippen LogP contribution in [0.2, 0.25) is 0 Å². The second-order valence-corrected chi connectivity index (χ2v) is 5.50. The van der Waals surface area contributed by atoms with Crippen LogP contribution in [0.4, 0.5) is 0 Å². The second-order valence-electron chi connectivity index (χ2n) is 3.50. The van der Waals surface area contributed by atoms with Gasteiger partial charge >= 0.3 is 0 Å². The zero-order valence-electron chi connectivity index (χ0n) is 9.05. The Labute approximate surface area is 116 Å². The number of halogens is 1. The minimum Gasteiger partial charge on any atom is -0.496 e. The van der Waals surface area contributed by atoms with E-state index in [1.807, 2.05) is 30.6 Å². The average molecular weight is 356 g/mol. The predicted molar refractivity (Wildman–Crippen MR) is 77.8 cm³/mol. The van der Waals surface area contributed by atoms with Gasteiger partial charge in [-0.05, 0) is 34.7 Å². The molecular formula is C12H9IN2OS. The van der Waals surface area contributed by atoms with Gasteiger partial charge in [-0.3, -0.25) is 4.40 Å². The number of para-hydroxylation sites is 1. The van der Waals surface area contributed by atoms with Crippen LogP contribution in [-0.4, -0.2) is 16.5 Å². The number of thiazole rings is 1. The molecule has 2 aromatic heterocycles. The third-order valence-electron chi connectivity index (χ3n) is 2.55. The number of benzene rings is 1. The van der Waals surface area contributed by atoms with Crippen molar-refractivity contribution in [2.24, 2.45) is 0 Å². The average Bonchev–Trinajstić information content (AvgIpc) is 2.93. The molecule has 0 aliphatic heterocycles. The van der Waals surface area contributed by atoms with Gasteiger partial charge in [0.25, 0.3) is 0 Å². The van der Waals surface area contributed by atoms with E-state index < -0.39 is 0 Å². The van der Waals surface area contributed by atoms with Gasteiger partial charge in [0.15, 0.2) is 4.96 Å². The molecule has 0 fully saturated rings. The van der Waals surface area contributed by atoms with E-state index >= 15 is 0 Å². The van der Waals surface area contributed by atoms with Gasteiger partial charge < -0.3 is 4.74 Å². The van der Waals surface area contributed by atoms with E-state index in [-0.39, 0.29) is 0 Å². The van der Waals surface area contributed by atoms with E-state index in [1.54, 1.807) is 18.4 Å². The molecule has 0 bridgehead atoms. The van der Waals surface area contributed by atoms with Crippen molar-refractivity contribution in [3.8, 4) is 16.2 Å². The van der Waals surface area contributed by atoms with Crippen LogP contribution in [0.25, 0.3) is 15.4 Å². The molecule has 3 aromatic rings. The molecule has 2 heterocycles. The topological polar surface area (TPSA) is 26.5 Å². The molecule has 3 nitrogen and oxygen atoms in total. The number of hydrogen-bond donors (Lipinski definition) is 0. The highest BCUT2D eigenvalue weighted by atomic mass is 127. The van der Waals surface area contributed by atoms with Crippen LogP contribution in [0.15, 0.2) is 36.7 Å². The van der Waals surface area contributed by atoms with Crippen LogP contribution in [0.1, 0.15) is 0 Å². The molecule has 0 aliphatic carbocycles. The summed E-state index contributed by atoms with van der Waals surface area (Å²) in [6.45, 7) is 0. The van der Waals surface area contributed by atoms with Crippen molar-refractivity contribution in [3.63, 3.8) is 0 Å². The summed E-state index contributed by atoms with van der Waals surface area (Å²) in [5, 5.41) is 0. The van der Waals surface area contributed by atoms with E-state index in [0.29, 0.717) is 0 Å². The maximum atomic E-state index is 5.40. The molecule has 0 saturated heterocycles. The van der Waals surface area contributed by atoms with Gasteiger partial charge in [0.1, 0.15) is 9.45 Å². The lowest BCUT2D eigenvalue weighted by molar-refractivity contribution is 0.416. The number of aromatic nitrogens is 2. The number of imidazole rings is 1. The lowest BCUT2D eigenvalue weighted by Crippen LogP contribution is -1.88. The number of nitrogens with zero attached hydrogens (tertiary/aromatic N) is 2. The van der Waals surface area contributed by atoms with Crippen LogP contribution in [0, 0.1) is 3.70 Å². The summed E-state index contributed by atoms with van der Waals surface area (Å²) in [4.78, 5) is 6.53. The first-order valence-electron chi connectivity index (χ1n) is 5.06. The van der Waals surface area contributed by atoms with E-state index in [4.69, 9.17) is 4.74 Å². The number of ether oxygens (including phenoxy) is 1. The summed E-state index contributed by atoms with van der Waals surface area (Å²) < 4.78 is 8.66. The van der Waals surface area contributed by atoms with Crippen molar-refractivity contribution in [2.45, 2.75) is 0 Å². The smallest absolute Gasteiger partial charge is 0.195 e. The van der Waals surface area contributed by atoms with Crippen molar-refractivity contribution in [1.82, 2.24) is 9.38 Å². The minimum absolute atomic E-state index is 0.898. The number of fused-ring (bicyclic) bond motifs is 1. The number of rotatable bonds is 2. The van der Waals surface area contributed by atoms with Gasteiger partial charge in [0, 0.05) is 18.0 Å². The molecule has 5 heteroatoms. The molecule has 3 rings (SSSR count). The van der Waals surface area contributed by atoms with E-state index in [1.165, 1.54) is 8.58 Å². The minimum atomic E-state index is 0.898. The molecular weight excluding hydrogens is 347 g/mol. The maximum absolute atomic E-state index is 5.40. The van der Waals surface area contributed by atoms with Crippen molar-refractivity contribution < 1.29 is 4.74 Å². The van der Waals surface area contributed by atoms with Crippen LogP contribution >= 0.6 is 33.9 Å². The fraction of sp³-hybridized carbons (Fsp3) is 0.0833. The van der Waals surface area contributed by atoms with Crippen molar-refractivity contribution in [2.75, 3.05) is 7.11 Å². The van der Waals surface area contributed by atoms with E-state index in [9.17, 15) is 0 Å². The summed E-state index contributed by atoms with van der Waals surface area (Å²) in [7, 11) is 1.70. The summed E-state index contributed by atoms with van der Waals surface area (Å²) in [5.41, 5.74) is 1.12. The second kappa shape index (κ2) is 4.30. The van der Waals surface area contributed by atoms with Gasteiger partial charge in [0.2, 0.25) is 0 Å². The molecule has 0 saturated carbocycles. The highest BCUT2D eigenvalue weighted by Gasteiger charge is 2.15. The van der Waals surface area contributed by atoms with Crippen LogP contribution in [0.5, 0.6) is 5.75 Å². The molecule has 0 N–H and O–H groups in total. The third-order valence-corrected chi connectivity index (χ3v) is 5.08. The highest BCUT2D eigenvalue weighted by Crippen LogP contribution is 2.38. The Hall–Kier alpha value is -1.08. The quantitative estimate of drug-likeness (QED) is 0.655. The predicted octanol–water partition coefficient (Wildman–Crippen LogP) is 3.68. The monoisotopic (exact) mass is 356 g/mol. The third kappa shape index (κ3) is 1.73. The standard InChI is InChI=1S/C12H9IN2OS/c1-16-9-5-3-2-4-8(9)10-11(13)15-7-6-14-12(15)17-10/h2-7H,1H3. The Bertz CT molecular complexity index is 674. The summed E-state index contributed by atoms with van der Waals surface area (Å²) in [6.07, 6.45) is 3.80. The van der Waals surface area contributed by atoms with E-state index in [0.717, 1.165) is 16.3 Å². The Morgan fingerprint density at radius 3 is 2.94 bits per heavy atom. The van der Waals surface area contributed by atoms with Crippen molar-refractivity contribution in [1.29, 1.82) is 0 Å². The lowest BCUT2D eigenvalue weighted by atomic mass is 10.2. The zero-order chi connectivity index (χ0) is 11.8. The molecule has 0 radical (unpaired) electrons. The van der Waals surface area contributed by atoms with Gasteiger partial charge in [-0.15, -0.1) is 0 Å². The fourth-order valence-electron chi connectivity index (χ4n) is 1.76. The summed E-state index contributed by atoms with van der Waals surface area (Å²) in [5.74, 6) is 0.898. The first-order chi connectivity index (χ1) is 8.31. The Balaban J connectivity index is 2.26. The zero-order valence-corrected chi connectivity index (χ0v) is 12.0. The summed E-state index contributed by atoms with van der Waals surface area (Å²) in [6, 6.07) is 8.06. The van der Waals surface area contributed by atoms with Crippen LogP contribution in [0.3, 0.4) is 0 Å². The Morgan fingerprint density at radius 1 is 1.35 bits per heavy atom. The Kier molecular flexibility index (Phi) is 2.79. The normalized spacial score (nSPS) is 10.9. The highest BCUT2D eigenvalue weighted by molar-refractivity contribution is 14.1. The first-order valence-corrected chi connectivity index (χ1v) is 6.95. The molecule has 0 aliphatic rings. The van der Waals surface area contributed by atoms with Crippen molar-refractivity contribution >= 4 is 38.9 Å². The summed E-state index contributed by atoms with van der Waals surface area (Å²) >= 11 is 4.02. The SMILES string of the molecule is COc1ccccc1-c1sc2nccn2c1I. The van der Waals surface area contributed by atoms with Crippen LogP contribution < -0.4 is 4.74 Å². The van der Waals surface area contributed by atoms with Gasteiger partial charge in [-0.25, -0.2) is 4.98 Å². The lowest BCUT2D eigenvalue weighted by Gasteiger charge is -2.06. The molecule has 86 valence electrons. The molecule has 0 unspecified atom stereocenters. The van der Waals surface area contributed by atoms with Gasteiger partial charge in [-0.2, -0.15) is 0 Å². The largest absolute Gasteiger partial charge is 0.496 e. The van der Waals surface area contributed by atoms with Gasteiger partial charge in [0.05, 0.1) is 12.0 Å². The molecule has 0 atom stereocenters. The van der Waals surface area contributed by atoms with E-state index in [2.05, 4.69) is 38.0 Å². The maximum Gasteiger partial charge on any atom is 0.195 e. The molecule has 0 spiro atoms. The molecule has 17 heavy (non-hydrogen) atoms. The molecule has 0 amide bonds.